The molecule has 40 nitrogen and oxygen atoms in total. The van der Waals surface area contributed by atoms with Crippen LogP contribution in [0, 0.1) is 0 Å². The fourth-order valence-electron chi connectivity index (χ4n) is 11.2. The Labute approximate surface area is 557 Å². The molecule has 15 unspecified atom stereocenters. The van der Waals surface area contributed by atoms with Crippen LogP contribution in [-0.2, 0) is 114 Å². The number of aromatic nitrogens is 12. The molecule has 3 saturated heterocycles. The lowest BCUT2D eigenvalue weighted by molar-refractivity contribution is -0.272. The second-order valence-electron chi connectivity index (χ2n) is 23.6. The van der Waals surface area contributed by atoms with E-state index < -0.39 is 136 Å². The van der Waals surface area contributed by atoms with Gasteiger partial charge in [-0.15, -0.1) is 20.4 Å². The molecule has 7 rings (SSSR count). The minimum absolute atomic E-state index is 0.0169. The van der Waals surface area contributed by atoms with E-state index in [0.717, 1.165) is 0 Å². The number of hydrogen-bond acceptors (Lipinski definition) is 33. The minimum atomic E-state index is -1.46. The van der Waals surface area contributed by atoms with Gasteiger partial charge in [0, 0.05) is 71.7 Å². The Bertz CT molecular complexity index is 2860. The molecule has 3 amide bonds. The molecule has 4 aromatic heterocycles. The third-order valence-electron chi connectivity index (χ3n) is 16.0. The van der Waals surface area contributed by atoms with Crippen LogP contribution in [-0.4, -0.2) is 335 Å². The van der Waals surface area contributed by atoms with Gasteiger partial charge in [0.1, 0.15) is 78.8 Å². The van der Waals surface area contributed by atoms with Crippen molar-refractivity contribution in [3.63, 3.8) is 0 Å². The number of ether oxygens (including phenoxy) is 9. The summed E-state index contributed by atoms with van der Waals surface area (Å²) in [6.07, 6.45) is -6.99. The number of ketones is 1. The van der Waals surface area contributed by atoms with E-state index >= 15 is 0 Å². The highest BCUT2D eigenvalue weighted by Crippen LogP contribution is 2.26. The normalized spacial score (nSPS) is 26.4. The van der Waals surface area contributed by atoms with E-state index in [2.05, 4.69) is 62.1 Å². The maximum Gasteiger partial charge on any atom is 0.217 e. The monoisotopic (exact) mass is 1390 g/mol. The summed E-state index contributed by atoms with van der Waals surface area (Å²) >= 11 is 0. The summed E-state index contributed by atoms with van der Waals surface area (Å²) in [6.45, 7) is 6.82. The van der Waals surface area contributed by atoms with Crippen molar-refractivity contribution in [1.29, 1.82) is 0 Å². The van der Waals surface area contributed by atoms with E-state index in [0.29, 0.717) is 74.8 Å². The van der Waals surface area contributed by atoms with Gasteiger partial charge in [-0.1, -0.05) is 27.3 Å². The predicted molar refractivity (Wildman–Crippen MR) is 325 cm³/mol. The van der Waals surface area contributed by atoms with Crippen LogP contribution in [0.2, 0.25) is 0 Å². The number of amides is 3. The van der Waals surface area contributed by atoms with E-state index in [4.69, 9.17) is 42.6 Å². The number of carbonyl (C=O) groups excluding carboxylic acids is 4. The van der Waals surface area contributed by atoms with Gasteiger partial charge < -0.3 is 110 Å². The van der Waals surface area contributed by atoms with Crippen LogP contribution in [0.3, 0.4) is 0 Å². The molecule has 0 spiro atoms. The lowest BCUT2D eigenvalue weighted by atomic mass is 9.97. The van der Waals surface area contributed by atoms with Crippen LogP contribution in [0.1, 0.15) is 69.7 Å². The Morgan fingerprint density at radius 2 is 0.794 bits per heavy atom. The van der Waals surface area contributed by atoms with Crippen LogP contribution in [0.5, 0.6) is 0 Å². The van der Waals surface area contributed by atoms with Crippen molar-refractivity contribution in [3.8, 4) is 0 Å². The molecule has 97 heavy (non-hydrogen) atoms. The number of Topliss-reactive ketones (excluding diaryl/α,β-unsaturated/α-hetero) is 1. The maximum absolute atomic E-state index is 13.7. The third-order valence-corrected chi connectivity index (χ3v) is 16.0. The highest BCUT2D eigenvalue weighted by atomic mass is 16.7. The number of aliphatic hydroxyl groups is 10. The van der Waals surface area contributed by atoms with E-state index in [9.17, 15) is 70.2 Å². The predicted octanol–water partition coefficient (Wildman–Crippen LogP) is -8.19. The zero-order chi connectivity index (χ0) is 70.0. The van der Waals surface area contributed by atoms with Crippen molar-refractivity contribution in [1.82, 2.24) is 85.7 Å². The van der Waals surface area contributed by atoms with E-state index in [1.807, 2.05) is 4.90 Å². The molecule has 3 aliphatic heterocycles. The fraction of sp³-hybridized carbons (Fsp3) is 0.789. The molecule has 546 valence electrons. The average Bonchev–Trinajstić information content (AvgIpc) is 1.52. The van der Waals surface area contributed by atoms with Gasteiger partial charge in [-0.2, -0.15) is 0 Å². The van der Waals surface area contributed by atoms with Gasteiger partial charge in [0.2, 0.25) is 17.7 Å². The molecule has 3 fully saturated rings. The Morgan fingerprint density at radius 3 is 1.10 bits per heavy atom. The van der Waals surface area contributed by atoms with Gasteiger partial charge in [0.25, 0.3) is 0 Å². The van der Waals surface area contributed by atoms with Crippen molar-refractivity contribution in [3.05, 3.63) is 47.6 Å². The lowest BCUT2D eigenvalue weighted by Crippen LogP contribution is -2.64. The fourth-order valence-corrected chi connectivity index (χ4v) is 11.2. The van der Waals surface area contributed by atoms with Crippen molar-refractivity contribution < 1.29 is 113 Å². The quantitative estimate of drug-likeness (QED) is 0.0183. The molecule has 0 radical (unpaired) electrons. The summed E-state index contributed by atoms with van der Waals surface area (Å²) in [7, 11) is 0. The Kier molecular flexibility index (Phi) is 32.3. The molecule has 3 aliphatic rings. The van der Waals surface area contributed by atoms with Crippen LogP contribution in [0.25, 0.3) is 0 Å². The van der Waals surface area contributed by atoms with Gasteiger partial charge in [-0.3, -0.25) is 29.0 Å². The number of hydrogen-bond donors (Lipinski definition) is 13. The van der Waals surface area contributed by atoms with Crippen LogP contribution in [0.15, 0.2) is 24.8 Å². The number of unbranched alkanes of at least 4 members (excludes halogenated alkanes) is 1. The molecule has 40 heteroatoms. The zero-order valence-corrected chi connectivity index (χ0v) is 54.8. The Morgan fingerprint density at radius 1 is 0.464 bits per heavy atom. The van der Waals surface area contributed by atoms with Crippen molar-refractivity contribution in [2.75, 3.05) is 92.4 Å². The Balaban J connectivity index is 0.941. The highest BCUT2D eigenvalue weighted by Gasteiger charge is 2.48. The lowest BCUT2D eigenvalue weighted by Gasteiger charge is -2.42. The second-order valence-corrected chi connectivity index (χ2v) is 23.6. The number of carbonyl (C=O) groups is 4. The number of rotatable bonds is 44. The first-order valence-electron chi connectivity index (χ1n) is 32.1. The summed E-state index contributed by atoms with van der Waals surface area (Å²) < 4.78 is 57.8. The smallest absolute Gasteiger partial charge is 0.217 e. The van der Waals surface area contributed by atoms with Gasteiger partial charge >= 0.3 is 0 Å². The molecule has 0 saturated carbocycles. The molecule has 0 aromatic carbocycles. The van der Waals surface area contributed by atoms with Crippen LogP contribution < -0.4 is 16.0 Å². The molecular formula is C57H95N17O23. The van der Waals surface area contributed by atoms with Gasteiger partial charge in [-0.25, -0.2) is 18.7 Å². The molecule has 4 aromatic rings. The first-order chi connectivity index (χ1) is 46.7. The molecule has 16 atom stereocenters. The van der Waals surface area contributed by atoms with Crippen molar-refractivity contribution >= 4 is 23.5 Å². The second kappa shape index (κ2) is 40.2. The van der Waals surface area contributed by atoms with E-state index in [1.54, 1.807) is 38.8 Å². The van der Waals surface area contributed by atoms with Crippen LogP contribution in [0.4, 0.5) is 0 Å². The molecule has 7 heterocycles. The zero-order valence-electron chi connectivity index (χ0n) is 54.8. The standard InChI is InChI=1S/C57H95N17O23/c1-34(79)42(70(25-40-29-71(9-13-75)65-63-40)26-41-30-74(68-64-41)12-16-91-19-22-94-57-48(60-37(4)82)54(88)51(85)45(33-78)97-57)7-5-6-8-69(23-38-27-72(66-61-38)10-14-89-17-20-92-55-46(58-35(2)80)52(86)49(83)43(31-76)95-55)24-39-28-73(67-62-39)11-15-90-18-21-93-56-47(59-36(3)81)53(87)50(84)44(32-77)96-56/h27-30,42-57,75-78,83-88H,5-26,31-33H2,1-4H3,(H,58,80)(H,59,81)(H,60,82)/t42-,43?,44?,45?,46?,47?,48?,49?,50?,51?,52?,53?,54?,55?,56?,57?/m1/s1. The Hall–Kier alpha value is -6.20. The summed E-state index contributed by atoms with van der Waals surface area (Å²) in [5.74, 6) is -1.54. The van der Waals surface area contributed by atoms with Gasteiger partial charge in [-0.05, 0) is 26.3 Å². The molecule has 0 aliphatic carbocycles. The minimum Gasteiger partial charge on any atom is -0.394 e. The first-order valence-corrected chi connectivity index (χ1v) is 32.1. The molecule has 0 bridgehead atoms. The summed E-state index contributed by atoms with van der Waals surface area (Å²) in [5, 5.41) is 143. The largest absolute Gasteiger partial charge is 0.394 e. The number of nitrogens with one attached hydrogen (secondary N) is 3. The van der Waals surface area contributed by atoms with E-state index in [-0.39, 0.29) is 98.0 Å². The SMILES string of the molecule is CC(=O)NC1C(OCCOCCn2cc(CN(CCCC[C@H](C(C)=O)N(Cc3cn(CCO)nn3)Cc3cn(CCOCCOC4OC(CO)C(O)C(O)C4NC(C)=O)nn3)Cc3cn(CCOCCOC4OC(CO)C(O)C(O)C4NC(C)=O)nn3)nn2)OC(CO)C(O)C1O. The maximum atomic E-state index is 13.7. The average molecular weight is 1390 g/mol. The number of nitrogens with zero attached hydrogens (tertiary/aromatic N) is 14. The van der Waals surface area contributed by atoms with E-state index in [1.165, 1.54) is 32.4 Å². The molecule has 13 N–H and O–H groups in total. The highest BCUT2D eigenvalue weighted by molar-refractivity contribution is 5.81. The van der Waals surface area contributed by atoms with Crippen molar-refractivity contribution in [2.45, 2.75) is 197 Å². The topological polar surface area (TPSA) is 519 Å². The summed E-state index contributed by atoms with van der Waals surface area (Å²) in [6, 6.07) is -3.89. The first kappa shape index (κ1) is 78.1. The van der Waals surface area contributed by atoms with Crippen LogP contribution >= 0.6 is 0 Å². The third kappa shape index (κ3) is 24.3. The number of aliphatic hydroxyl groups excluding tert-OH is 10. The van der Waals surface area contributed by atoms with Gasteiger partial charge in [0.05, 0.1) is 141 Å². The molecular weight excluding hydrogens is 1290 g/mol. The van der Waals surface area contributed by atoms with Crippen molar-refractivity contribution in [2.24, 2.45) is 0 Å². The van der Waals surface area contributed by atoms with Gasteiger partial charge in [0.15, 0.2) is 18.9 Å². The summed E-state index contributed by atoms with van der Waals surface area (Å²) in [5.41, 5.74) is 2.37. The summed E-state index contributed by atoms with van der Waals surface area (Å²) in [4.78, 5) is 53.3.